The Bertz CT molecular complexity index is 903. The highest BCUT2D eigenvalue weighted by molar-refractivity contribution is 5.57. The van der Waals surface area contributed by atoms with Gasteiger partial charge in [-0.15, -0.1) is 5.10 Å². The number of nitrogens with one attached hydrogen (secondary N) is 1. The van der Waals surface area contributed by atoms with Crippen LogP contribution in [0.15, 0.2) is 47.5 Å². The maximum Gasteiger partial charge on any atom is 0.223 e. The van der Waals surface area contributed by atoms with E-state index in [4.69, 9.17) is 0 Å². The van der Waals surface area contributed by atoms with E-state index in [0.29, 0.717) is 17.0 Å². The van der Waals surface area contributed by atoms with E-state index < -0.39 is 5.43 Å². The lowest BCUT2D eigenvalue weighted by Crippen LogP contribution is -2.22. The van der Waals surface area contributed by atoms with E-state index in [1.165, 1.54) is 33.8 Å². The molecule has 0 spiro atoms. The van der Waals surface area contributed by atoms with Crippen molar-refractivity contribution >= 4 is 0 Å². The normalized spacial score (nSPS) is 10.7. The Morgan fingerprint density at radius 1 is 1.35 bits per heavy atom. The van der Waals surface area contributed by atoms with Crippen LogP contribution in [0.4, 0.5) is 4.39 Å². The van der Waals surface area contributed by atoms with Gasteiger partial charge in [0, 0.05) is 17.8 Å². The molecule has 3 rings (SSSR count). The first kappa shape index (κ1) is 14.8. The van der Waals surface area contributed by atoms with E-state index in [1.54, 1.807) is 25.3 Å². The SMILES string of the molecule is Cc1c(O)c(=O)ccn1NCn1cc(-c2cccc(F)c2)nn1. The highest BCUT2D eigenvalue weighted by Gasteiger charge is 2.07. The van der Waals surface area contributed by atoms with Crippen molar-refractivity contribution in [1.82, 2.24) is 19.7 Å². The van der Waals surface area contributed by atoms with Crippen molar-refractivity contribution in [2.45, 2.75) is 13.6 Å². The summed E-state index contributed by atoms with van der Waals surface area (Å²) in [5.74, 6) is -0.645. The maximum absolute atomic E-state index is 13.2. The summed E-state index contributed by atoms with van der Waals surface area (Å²) in [6, 6.07) is 7.35. The summed E-state index contributed by atoms with van der Waals surface area (Å²) in [7, 11) is 0. The molecule has 0 aliphatic heterocycles. The molecule has 0 bridgehead atoms. The van der Waals surface area contributed by atoms with E-state index in [2.05, 4.69) is 15.7 Å². The van der Waals surface area contributed by atoms with Crippen LogP contribution >= 0.6 is 0 Å². The molecule has 0 aliphatic rings. The Hall–Kier alpha value is -3.16. The van der Waals surface area contributed by atoms with Crippen molar-refractivity contribution < 1.29 is 9.50 Å². The lowest BCUT2D eigenvalue weighted by atomic mass is 10.2. The number of pyridine rings is 1. The van der Waals surface area contributed by atoms with Crippen LogP contribution in [0.2, 0.25) is 0 Å². The predicted molar refractivity (Wildman–Crippen MR) is 81.9 cm³/mol. The van der Waals surface area contributed by atoms with Gasteiger partial charge in [-0.1, -0.05) is 17.3 Å². The molecule has 3 aromatic rings. The molecule has 118 valence electrons. The van der Waals surface area contributed by atoms with Gasteiger partial charge in [0.2, 0.25) is 5.43 Å². The topological polar surface area (TPSA) is 85.0 Å². The lowest BCUT2D eigenvalue weighted by Gasteiger charge is -2.13. The van der Waals surface area contributed by atoms with Crippen LogP contribution in [0.1, 0.15) is 5.69 Å². The van der Waals surface area contributed by atoms with Crippen LogP contribution in [0.3, 0.4) is 0 Å². The average Bonchev–Trinajstić information content (AvgIpc) is 3.01. The standard InChI is InChI=1S/C15H14FN5O2/c1-10-15(23)14(22)5-6-21(10)17-9-20-8-13(18-19-20)11-3-2-4-12(16)7-11/h2-8,17,23H,9H2,1H3. The Balaban J connectivity index is 1.75. The zero-order valence-corrected chi connectivity index (χ0v) is 12.3. The van der Waals surface area contributed by atoms with Gasteiger partial charge < -0.3 is 10.5 Å². The van der Waals surface area contributed by atoms with Gasteiger partial charge in [0.15, 0.2) is 5.75 Å². The zero-order chi connectivity index (χ0) is 16.4. The number of rotatable bonds is 4. The molecule has 0 amide bonds. The molecular formula is C15H14FN5O2. The van der Waals surface area contributed by atoms with E-state index in [-0.39, 0.29) is 18.2 Å². The molecule has 2 aromatic heterocycles. The van der Waals surface area contributed by atoms with Crippen LogP contribution in [0.5, 0.6) is 5.75 Å². The van der Waals surface area contributed by atoms with Crippen molar-refractivity contribution in [2.75, 3.05) is 5.43 Å². The van der Waals surface area contributed by atoms with Gasteiger partial charge in [-0.2, -0.15) is 0 Å². The number of hydrogen-bond donors (Lipinski definition) is 2. The van der Waals surface area contributed by atoms with E-state index in [9.17, 15) is 14.3 Å². The molecule has 0 radical (unpaired) electrons. The van der Waals surface area contributed by atoms with Gasteiger partial charge in [0.05, 0.1) is 11.9 Å². The van der Waals surface area contributed by atoms with Crippen molar-refractivity contribution in [3.05, 3.63) is 64.5 Å². The Morgan fingerprint density at radius 3 is 2.96 bits per heavy atom. The molecule has 1 aromatic carbocycles. The van der Waals surface area contributed by atoms with Gasteiger partial charge >= 0.3 is 0 Å². The Morgan fingerprint density at radius 2 is 2.17 bits per heavy atom. The molecule has 0 unspecified atom stereocenters. The molecule has 0 saturated heterocycles. The Labute approximate surface area is 130 Å². The van der Waals surface area contributed by atoms with E-state index in [0.717, 1.165) is 0 Å². The minimum atomic E-state index is -0.435. The van der Waals surface area contributed by atoms with Crippen molar-refractivity contribution in [3.8, 4) is 17.0 Å². The van der Waals surface area contributed by atoms with Crippen molar-refractivity contribution in [3.63, 3.8) is 0 Å². The minimum absolute atomic E-state index is 0.255. The summed E-state index contributed by atoms with van der Waals surface area (Å²) in [6.07, 6.45) is 3.18. The molecule has 0 fully saturated rings. The van der Waals surface area contributed by atoms with Crippen molar-refractivity contribution in [1.29, 1.82) is 0 Å². The quantitative estimate of drug-likeness (QED) is 0.761. The summed E-state index contributed by atoms with van der Waals surface area (Å²) < 4.78 is 16.3. The summed E-state index contributed by atoms with van der Waals surface area (Å²) in [5.41, 5.74) is 4.11. The molecule has 7 nitrogen and oxygen atoms in total. The molecule has 23 heavy (non-hydrogen) atoms. The maximum atomic E-state index is 13.2. The molecule has 0 atom stereocenters. The van der Waals surface area contributed by atoms with Crippen molar-refractivity contribution in [2.24, 2.45) is 0 Å². The Kier molecular flexibility index (Phi) is 3.80. The van der Waals surface area contributed by atoms with Gasteiger partial charge in [-0.3, -0.25) is 9.47 Å². The third-order valence-corrected chi connectivity index (χ3v) is 3.37. The molecule has 0 saturated carbocycles. The summed E-state index contributed by atoms with van der Waals surface area (Å²) in [4.78, 5) is 11.3. The van der Waals surface area contributed by atoms with Crippen LogP contribution in [0, 0.1) is 12.7 Å². The lowest BCUT2D eigenvalue weighted by molar-refractivity contribution is 0.455. The zero-order valence-electron chi connectivity index (χ0n) is 12.3. The van der Waals surface area contributed by atoms with Gasteiger partial charge in [-0.25, -0.2) is 9.07 Å². The number of nitrogens with zero attached hydrogens (tertiary/aromatic N) is 4. The molecular weight excluding hydrogens is 301 g/mol. The van der Waals surface area contributed by atoms with Crippen LogP contribution in [-0.4, -0.2) is 24.8 Å². The summed E-state index contributed by atoms with van der Waals surface area (Å²) in [6.45, 7) is 1.87. The van der Waals surface area contributed by atoms with E-state index >= 15 is 0 Å². The predicted octanol–water partition coefficient (Wildman–Crippen LogP) is 1.46. The number of benzene rings is 1. The monoisotopic (exact) mass is 315 g/mol. The molecule has 2 N–H and O–H groups in total. The summed E-state index contributed by atoms with van der Waals surface area (Å²) in [5, 5.41) is 17.6. The largest absolute Gasteiger partial charge is 0.503 e. The highest BCUT2D eigenvalue weighted by Crippen LogP contribution is 2.16. The second kappa shape index (κ2) is 5.91. The average molecular weight is 315 g/mol. The third kappa shape index (κ3) is 3.05. The van der Waals surface area contributed by atoms with E-state index in [1.807, 2.05) is 0 Å². The number of aromatic nitrogens is 4. The number of hydrogen-bond acceptors (Lipinski definition) is 5. The molecule has 0 aliphatic carbocycles. The van der Waals surface area contributed by atoms with Gasteiger partial charge in [-0.05, 0) is 19.1 Å². The first-order chi connectivity index (χ1) is 11.0. The fourth-order valence-electron chi connectivity index (χ4n) is 2.10. The van der Waals surface area contributed by atoms with Crippen LogP contribution in [0.25, 0.3) is 11.3 Å². The first-order valence-electron chi connectivity index (χ1n) is 6.86. The second-order valence-corrected chi connectivity index (χ2v) is 4.95. The fraction of sp³-hybridized carbons (Fsp3) is 0.133. The second-order valence-electron chi connectivity index (χ2n) is 4.95. The smallest absolute Gasteiger partial charge is 0.223 e. The highest BCUT2D eigenvalue weighted by atomic mass is 19.1. The summed E-state index contributed by atoms with van der Waals surface area (Å²) >= 11 is 0. The van der Waals surface area contributed by atoms with Crippen LogP contribution < -0.4 is 10.9 Å². The molecule has 8 heteroatoms. The molecule has 2 heterocycles. The number of aromatic hydroxyl groups is 1. The van der Waals surface area contributed by atoms with Gasteiger partial charge in [0.25, 0.3) is 0 Å². The van der Waals surface area contributed by atoms with Crippen LogP contribution in [-0.2, 0) is 6.67 Å². The number of halogens is 1. The fourth-order valence-corrected chi connectivity index (χ4v) is 2.10. The first-order valence-corrected chi connectivity index (χ1v) is 6.86. The minimum Gasteiger partial charge on any atom is -0.503 e. The third-order valence-electron chi connectivity index (χ3n) is 3.37. The van der Waals surface area contributed by atoms with Gasteiger partial charge in [0.1, 0.15) is 18.2 Å².